The van der Waals surface area contributed by atoms with Gasteiger partial charge in [0.25, 0.3) is 5.91 Å². The van der Waals surface area contributed by atoms with E-state index in [0.29, 0.717) is 26.9 Å². The van der Waals surface area contributed by atoms with Gasteiger partial charge in [-0.1, -0.05) is 35.3 Å². The Morgan fingerprint density at radius 1 is 1.09 bits per heavy atom. The minimum atomic E-state index is -0.439. The molecule has 0 unspecified atom stereocenters. The molecule has 0 aliphatic heterocycles. The maximum Gasteiger partial charge on any atom is 0.271 e. The van der Waals surface area contributed by atoms with Gasteiger partial charge in [0.15, 0.2) is 0 Å². The van der Waals surface area contributed by atoms with Gasteiger partial charge in [0.1, 0.15) is 18.2 Å². The van der Waals surface area contributed by atoms with Crippen LogP contribution in [0.25, 0.3) is 0 Å². The van der Waals surface area contributed by atoms with E-state index in [9.17, 15) is 9.18 Å². The smallest absolute Gasteiger partial charge is 0.271 e. The topological polar surface area (TPSA) is 53.9 Å². The Labute approximate surface area is 202 Å². The Balaban J connectivity index is 1.83. The van der Waals surface area contributed by atoms with Crippen molar-refractivity contribution >= 4 is 41.0 Å². The van der Waals surface area contributed by atoms with Crippen LogP contribution in [0.3, 0.4) is 0 Å². The third-order valence-electron chi connectivity index (χ3n) is 5.02. The van der Waals surface area contributed by atoms with Crippen LogP contribution >= 0.6 is 23.2 Å². The summed E-state index contributed by atoms with van der Waals surface area (Å²) in [5, 5.41) is 4.80. The number of rotatable bonds is 9. The summed E-state index contributed by atoms with van der Waals surface area (Å²) in [6.45, 7) is 5.70. The maximum absolute atomic E-state index is 14.2. The van der Waals surface area contributed by atoms with Crippen molar-refractivity contribution in [3.8, 4) is 5.75 Å². The summed E-state index contributed by atoms with van der Waals surface area (Å²) in [6.07, 6.45) is 1.48. The summed E-state index contributed by atoms with van der Waals surface area (Å²) in [7, 11) is 0. The number of anilines is 1. The van der Waals surface area contributed by atoms with E-state index in [-0.39, 0.29) is 12.2 Å². The van der Waals surface area contributed by atoms with E-state index < -0.39 is 11.7 Å². The molecule has 1 amide bonds. The molecule has 0 saturated carbocycles. The zero-order valence-corrected chi connectivity index (χ0v) is 19.8. The lowest BCUT2D eigenvalue weighted by molar-refractivity contribution is 0.0955. The average molecular weight is 488 g/mol. The molecule has 0 saturated heterocycles. The quantitative estimate of drug-likeness (QED) is 0.283. The number of hydrogen-bond acceptors (Lipinski definition) is 4. The van der Waals surface area contributed by atoms with E-state index in [0.717, 1.165) is 18.8 Å². The fourth-order valence-corrected chi connectivity index (χ4v) is 3.62. The standard InChI is InChI=1S/C25H24Cl2FN3O2/c1-3-31(4-2)20-12-11-18(15-29-30-25(32)17-7-5-8-19(26)13-17)24(14-20)33-16-21-22(27)9-6-10-23(21)28/h5-15H,3-4,16H2,1-2H3,(H,30,32). The second-order valence-corrected chi connectivity index (χ2v) is 7.94. The lowest BCUT2D eigenvalue weighted by Gasteiger charge is -2.22. The average Bonchev–Trinajstić information content (AvgIpc) is 2.80. The van der Waals surface area contributed by atoms with Crippen molar-refractivity contribution < 1.29 is 13.9 Å². The van der Waals surface area contributed by atoms with Crippen LogP contribution in [0, 0.1) is 5.82 Å². The molecule has 3 rings (SSSR count). The normalized spacial score (nSPS) is 10.9. The molecule has 172 valence electrons. The van der Waals surface area contributed by atoms with Crippen LogP contribution in [0.1, 0.15) is 35.3 Å². The Hall–Kier alpha value is -3.09. The van der Waals surface area contributed by atoms with Crippen molar-refractivity contribution in [3.63, 3.8) is 0 Å². The molecule has 33 heavy (non-hydrogen) atoms. The summed E-state index contributed by atoms with van der Waals surface area (Å²) in [5.41, 5.74) is 4.71. The number of benzene rings is 3. The number of amides is 1. The van der Waals surface area contributed by atoms with Crippen molar-refractivity contribution in [2.45, 2.75) is 20.5 Å². The predicted octanol–water partition coefficient (Wildman–Crippen LogP) is 6.32. The van der Waals surface area contributed by atoms with E-state index >= 15 is 0 Å². The highest BCUT2D eigenvalue weighted by molar-refractivity contribution is 6.31. The van der Waals surface area contributed by atoms with Gasteiger partial charge in [-0.05, 0) is 56.3 Å². The summed E-state index contributed by atoms with van der Waals surface area (Å²) in [5.74, 6) is -0.347. The van der Waals surface area contributed by atoms with E-state index in [1.807, 2.05) is 18.2 Å². The van der Waals surface area contributed by atoms with E-state index in [1.54, 1.807) is 36.4 Å². The number of halogens is 3. The van der Waals surface area contributed by atoms with Gasteiger partial charge in [-0.2, -0.15) is 5.10 Å². The van der Waals surface area contributed by atoms with Crippen molar-refractivity contribution in [2.75, 3.05) is 18.0 Å². The van der Waals surface area contributed by atoms with Crippen molar-refractivity contribution in [1.82, 2.24) is 5.43 Å². The first-order valence-corrected chi connectivity index (χ1v) is 11.2. The van der Waals surface area contributed by atoms with Crippen molar-refractivity contribution in [2.24, 2.45) is 5.10 Å². The van der Waals surface area contributed by atoms with E-state index in [1.165, 1.54) is 12.3 Å². The third-order valence-corrected chi connectivity index (χ3v) is 5.61. The van der Waals surface area contributed by atoms with Gasteiger partial charge in [-0.3, -0.25) is 4.79 Å². The SMILES string of the molecule is CCN(CC)c1ccc(C=NNC(=O)c2cccc(Cl)c2)c(OCc2c(F)cccc2Cl)c1. The molecule has 0 aromatic heterocycles. The molecule has 3 aromatic carbocycles. The zero-order valence-electron chi connectivity index (χ0n) is 18.3. The molecule has 0 aliphatic carbocycles. The lowest BCUT2D eigenvalue weighted by Crippen LogP contribution is -2.22. The van der Waals surface area contributed by atoms with Gasteiger partial charge in [-0.25, -0.2) is 9.82 Å². The highest BCUT2D eigenvalue weighted by atomic mass is 35.5. The van der Waals surface area contributed by atoms with E-state index in [2.05, 4.69) is 29.3 Å². The number of nitrogens with zero attached hydrogens (tertiary/aromatic N) is 2. The fraction of sp³-hybridized carbons (Fsp3) is 0.200. The number of hydrazone groups is 1. The van der Waals surface area contributed by atoms with Gasteiger partial charge in [0, 0.05) is 46.6 Å². The van der Waals surface area contributed by atoms with E-state index in [4.69, 9.17) is 27.9 Å². The molecule has 0 bridgehead atoms. The van der Waals surface area contributed by atoms with Crippen LogP contribution in [0.2, 0.25) is 10.0 Å². The zero-order chi connectivity index (χ0) is 23.8. The molecule has 1 N–H and O–H groups in total. The molecule has 0 radical (unpaired) electrons. The Kier molecular flexibility index (Phi) is 8.69. The first-order valence-electron chi connectivity index (χ1n) is 10.5. The summed E-state index contributed by atoms with van der Waals surface area (Å²) >= 11 is 12.1. The van der Waals surface area contributed by atoms with Crippen LogP contribution in [-0.2, 0) is 6.61 Å². The molecular weight excluding hydrogens is 464 g/mol. The summed E-state index contributed by atoms with van der Waals surface area (Å²) in [6, 6.07) is 16.7. The first kappa shape index (κ1) is 24.6. The molecule has 3 aromatic rings. The molecule has 0 fully saturated rings. The molecule has 0 aliphatic rings. The summed E-state index contributed by atoms with van der Waals surface area (Å²) < 4.78 is 20.1. The van der Waals surface area contributed by atoms with Gasteiger partial charge in [0.05, 0.1) is 11.2 Å². The fourth-order valence-electron chi connectivity index (χ4n) is 3.22. The molecular formula is C25H24Cl2FN3O2. The first-order chi connectivity index (χ1) is 15.9. The van der Waals surface area contributed by atoms with Gasteiger partial charge in [-0.15, -0.1) is 0 Å². The Morgan fingerprint density at radius 2 is 1.85 bits per heavy atom. The second-order valence-electron chi connectivity index (χ2n) is 7.09. The molecule has 0 heterocycles. The van der Waals surface area contributed by atoms with Gasteiger partial charge < -0.3 is 9.64 Å². The minimum Gasteiger partial charge on any atom is -0.488 e. The lowest BCUT2D eigenvalue weighted by atomic mass is 10.1. The van der Waals surface area contributed by atoms with Gasteiger partial charge >= 0.3 is 0 Å². The van der Waals surface area contributed by atoms with Crippen LogP contribution in [0.15, 0.2) is 65.8 Å². The van der Waals surface area contributed by atoms with Crippen LogP contribution in [0.4, 0.5) is 10.1 Å². The van der Waals surface area contributed by atoms with Crippen molar-refractivity contribution in [3.05, 3.63) is 93.2 Å². The third kappa shape index (κ3) is 6.46. The van der Waals surface area contributed by atoms with Crippen LogP contribution in [-0.4, -0.2) is 25.2 Å². The number of carbonyl (C=O) groups excluding carboxylic acids is 1. The summed E-state index contributed by atoms with van der Waals surface area (Å²) in [4.78, 5) is 14.5. The van der Waals surface area contributed by atoms with Crippen LogP contribution < -0.4 is 15.1 Å². The molecule has 8 heteroatoms. The monoisotopic (exact) mass is 487 g/mol. The molecule has 0 atom stereocenters. The Bertz CT molecular complexity index is 1130. The number of nitrogens with one attached hydrogen (secondary N) is 1. The number of ether oxygens (including phenoxy) is 1. The van der Waals surface area contributed by atoms with Crippen LogP contribution in [0.5, 0.6) is 5.75 Å². The molecule has 0 spiro atoms. The largest absolute Gasteiger partial charge is 0.488 e. The predicted molar refractivity (Wildman–Crippen MR) is 132 cm³/mol. The molecule has 5 nitrogen and oxygen atoms in total. The Morgan fingerprint density at radius 3 is 2.55 bits per heavy atom. The van der Waals surface area contributed by atoms with Crippen molar-refractivity contribution in [1.29, 1.82) is 0 Å². The van der Waals surface area contributed by atoms with Gasteiger partial charge in [0.2, 0.25) is 0 Å². The highest BCUT2D eigenvalue weighted by Gasteiger charge is 2.12. The number of carbonyl (C=O) groups is 1. The second kappa shape index (κ2) is 11.7. The maximum atomic E-state index is 14.2. The minimum absolute atomic E-state index is 0.0527. The number of hydrogen-bond donors (Lipinski definition) is 1. The highest BCUT2D eigenvalue weighted by Crippen LogP contribution is 2.27.